The number of likely N-dealkylation sites (N-methyl/N-ethyl adjacent to an activating group) is 1. The minimum absolute atomic E-state index is 0.0775. The van der Waals surface area contributed by atoms with Gasteiger partial charge in [-0.3, -0.25) is 9.59 Å². The summed E-state index contributed by atoms with van der Waals surface area (Å²) in [5.74, 6) is -0.449. The molecule has 0 radical (unpaired) electrons. The quantitative estimate of drug-likeness (QED) is 0.642. The van der Waals surface area contributed by atoms with Gasteiger partial charge in [0.15, 0.2) is 6.04 Å². The number of anilines is 1. The highest BCUT2D eigenvalue weighted by atomic mass is 35.5. The van der Waals surface area contributed by atoms with Crippen LogP contribution in [0.1, 0.15) is 23.6 Å². The summed E-state index contributed by atoms with van der Waals surface area (Å²) in [5.41, 5.74) is 3.67. The molecule has 0 aliphatic heterocycles. The smallest absolute Gasteiger partial charge is 0.278 e. The van der Waals surface area contributed by atoms with Gasteiger partial charge in [0, 0.05) is 16.3 Å². The number of hydrogen-bond acceptors (Lipinski definition) is 2. The van der Waals surface area contributed by atoms with Gasteiger partial charge in [-0.1, -0.05) is 47.5 Å². The van der Waals surface area contributed by atoms with E-state index in [0.717, 1.165) is 27.3 Å². The Labute approximate surface area is 176 Å². The van der Waals surface area contributed by atoms with Crippen molar-refractivity contribution in [2.45, 2.75) is 33.4 Å². The monoisotopic (exact) mass is 422 g/mol. The third-order valence-corrected chi connectivity index (χ3v) is 5.37. The van der Waals surface area contributed by atoms with E-state index in [1.165, 1.54) is 0 Å². The van der Waals surface area contributed by atoms with Crippen LogP contribution in [0.2, 0.25) is 10.0 Å². The highest BCUT2D eigenvalue weighted by Crippen LogP contribution is 2.20. The van der Waals surface area contributed by atoms with Crippen molar-refractivity contribution in [3.05, 3.63) is 63.1 Å². The van der Waals surface area contributed by atoms with E-state index in [4.69, 9.17) is 23.2 Å². The fourth-order valence-electron chi connectivity index (χ4n) is 2.86. The van der Waals surface area contributed by atoms with Gasteiger partial charge in [-0.25, -0.2) is 0 Å². The molecule has 0 spiro atoms. The van der Waals surface area contributed by atoms with Crippen LogP contribution < -0.4 is 15.5 Å². The highest BCUT2D eigenvalue weighted by molar-refractivity contribution is 6.35. The van der Waals surface area contributed by atoms with E-state index in [0.29, 0.717) is 16.6 Å². The predicted molar refractivity (Wildman–Crippen MR) is 114 cm³/mol. The summed E-state index contributed by atoms with van der Waals surface area (Å²) in [7, 11) is 1.91. The van der Waals surface area contributed by atoms with Gasteiger partial charge in [0.25, 0.3) is 5.91 Å². The fraction of sp³-hybridized carbons (Fsp3) is 0.333. The van der Waals surface area contributed by atoms with Gasteiger partial charge in [0.05, 0.1) is 18.6 Å². The zero-order valence-corrected chi connectivity index (χ0v) is 18.0. The molecule has 0 aliphatic carbocycles. The zero-order chi connectivity index (χ0) is 20.8. The van der Waals surface area contributed by atoms with E-state index in [1.807, 2.05) is 52.1 Å². The van der Waals surface area contributed by atoms with Crippen LogP contribution in [0.3, 0.4) is 0 Å². The molecule has 2 atom stereocenters. The maximum Gasteiger partial charge on any atom is 0.278 e. The molecule has 150 valence electrons. The van der Waals surface area contributed by atoms with Crippen LogP contribution in [0, 0.1) is 13.8 Å². The molecule has 2 rings (SSSR count). The van der Waals surface area contributed by atoms with Gasteiger partial charge in [-0.2, -0.15) is 0 Å². The van der Waals surface area contributed by atoms with E-state index in [1.54, 1.807) is 12.1 Å². The average molecular weight is 423 g/mol. The van der Waals surface area contributed by atoms with Crippen molar-refractivity contribution in [1.82, 2.24) is 5.32 Å². The van der Waals surface area contributed by atoms with Crippen LogP contribution in [-0.4, -0.2) is 31.4 Å². The van der Waals surface area contributed by atoms with Crippen LogP contribution in [0.15, 0.2) is 36.4 Å². The van der Waals surface area contributed by atoms with E-state index in [-0.39, 0.29) is 24.4 Å². The van der Waals surface area contributed by atoms with Gasteiger partial charge in [-0.05, 0) is 44.0 Å². The van der Waals surface area contributed by atoms with Crippen LogP contribution in [-0.2, 0) is 16.1 Å². The normalized spacial score (nSPS) is 12.9. The Morgan fingerprint density at radius 1 is 1.11 bits per heavy atom. The van der Waals surface area contributed by atoms with Crippen molar-refractivity contribution in [3.8, 4) is 0 Å². The molecule has 2 aromatic carbocycles. The number of amides is 2. The number of para-hydroxylation sites is 1. The maximum atomic E-state index is 12.4. The number of carbonyl (C=O) groups excluding carboxylic acids is 2. The first-order chi connectivity index (χ1) is 13.2. The summed E-state index contributed by atoms with van der Waals surface area (Å²) in [6.07, 6.45) is 0. The Morgan fingerprint density at radius 2 is 1.75 bits per heavy atom. The maximum absolute atomic E-state index is 12.4. The first-order valence-electron chi connectivity index (χ1n) is 9.09. The Bertz CT molecular complexity index is 850. The molecule has 0 aliphatic rings. The van der Waals surface area contributed by atoms with Gasteiger partial charge < -0.3 is 15.5 Å². The Hall–Kier alpha value is -2.08. The summed E-state index contributed by atoms with van der Waals surface area (Å²) in [6, 6.07) is 10.8. The molecule has 0 aromatic heterocycles. The van der Waals surface area contributed by atoms with Crippen molar-refractivity contribution >= 4 is 40.7 Å². The number of quaternary nitrogens is 1. The second kappa shape index (κ2) is 9.92. The lowest BCUT2D eigenvalue weighted by molar-refractivity contribution is -0.908. The second-order valence-electron chi connectivity index (χ2n) is 7.01. The molecule has 0 bridgehead atoms. The van der Waals surface area contributed by atoms with Crippen LogP contribution in [0.25, 0.3) is 0 Å². The van der Waals surface area contributed by atoms with Gasteiger partial charge in [0.1, 0.15) is 6.54 Å². The molecule has 1 unspecified atom stereocenters. The number of aryl methyl sites for hydroxylation is 2. The lowest BCUT2D eigenvalue weighted by atomic mass is 10.1. The topological polar surface area (TPSA) is 62.6 Å². The van der Waals surface area contributed by atoms with Crippen molar-refractivity contribution in [1.29, 1.82) is 0 Å². The summed E-state index contributed by atoms with van der Waals surface area (Å²) >= 11 is 12.1. The van der Waals surface area contributed by atoms with Crippen LogP contribution in [0.4, 0.5) is 5.69 Å². The second-order valence-corrected chi connectivity index (χ2v) is 7.86. The van der Waals surface area contributed by atoms with Crippen molar-refractivity contribution in [2.24, 2.45) is 0 Å². The fourth-order valence-corrected chi connectivity index (χ4v) is 3.33. The molecule has 0 heterocycles. The molecule has 2 amide bonds. The molecule has 0 saturated carbocycles. The summed E-state index contributed by atoms with van der Waals surface area (Å²) < 4.78 is 0. The largest absolute Gasteiger partial charge is 0.342 e. The van der Waals surface area contributed by atoms with Gasteiger partial charge in [0.2, 0.25) is 5.91 Å². The Balaban J connectivity index is 1.88. The molecule has 3 N–H and O–H groups in total. The summed E-state index contributed by atoms with van der Waals surface area (Å²) in [6.45, 7) is 6.18. The Morgan fingerprint density at radius 3 is 2.36 bits per heavy atom. The lowest BCUT2D eigenvalue weighted by Gasteiger charge is -2.21. The molecular weight excluding hydrogens is 397 g/mol. The van der Waals surface area contributed by atoms with Crippen molar-refractivity contribution in [3.63, 3.8) is 0 Å². The minimum atomic E-state index is -0.347. The third kappa shape index (κ3) is 5.96. The molecule has 2 aromatic rings. The SMILES string of the molecule is Cc1cccc(C)c1NC(=O)CNC(=O)[C@@H](C)[NH+](C)Cc1ccc(Cl)cc1Cl. The van der Waals surface area contributed by atoms with E-state index >= 15 is 0 Å². The minimum Gasteiger partial charge on any atom is -0.342 e. The van der Waals surface area contributed by atoms with Crippen molar-refractivity contribution < 1.29 is 14.5 Å². The predicted octanol–water partition coefficient (Wildman–Crippen LogP) is 2.77. The number of carbonyl (C=O) groups is 2. The zero-order valence-electron chi connectivity index (χ0n) is 16.5. The van der Waals surface area contributed by atoms with E-state index < -0.39 is 0 Å². The average Bonchev–Trinajstić information content (AvgIpc) is 2.64. The standard InChI is InChI=1S/C21H25Cl2N3O2/c1-13-6-5-7-14(2)20(13)25-19(27)11-24-21(28)15(3)26(4)12-16-8-9-17(22)10-18(16)23/h5-10,15H,11-12H2,1-4H3,(H,24,28)(H,25,27)/p+1/t15-/m1/s1. The van der Waals surface area contributed by atoms with Crippen molar-refractivity contribution in [2.75, 3.05) is 18.9 Å². The van der Waals surface area contributed by atoms with E-state index in [2.05, 4.69) is 10.6 Å². The molecule has 7 heteroatoms. The first kappa shape index (κ1) is 22.2. The number of nitrogens with one attached hydrogen (secondary N) is 3. The summed E-state index contributed by atoms with van der Waals surface area (Å²) in [5, 5.41) is 6.72. The summed E-state index contributed by atoms with van der Waals surface area (Å²) in [4.78, 5) is 25.6. The number of halogens is 2. The molecule has 0 saturated heterocycles. The van der Waals surface area contributed by atoms with Gasteiger partial charge in [-0.15, -0.1) is 0 Å². The number of benzene rings is 2. The Kier molecular flexibility index (Phi) is 7.87. The molecular formula is C21H26Cl2N3O2+. The molecule has 5 nitrogen and oxygen atoms in total. The lowest BCUT2D eigenvalue weighted by Crippen LogP contribution is -3.12. The van der Waals surface area contributed by atoms with Gasteiger partial charge >= 0.3 is 0 Å². The van der Waals surface area contributed by atoms with Crippen LogP contribution in [0.5, 0.6) is 0 Å². The number of rotatable bonds is 7. The number of hydrogen-bond donors (Lipinski definition) is 3. The highest BCUT2D eigenvalue weighted by Gasteiger charge is 2.23. The first-order valence-corrected chi connectivity index (χ1v) is 9.84. The molecule has 0 fully saturated rings. The third-order valence-electron chi connectivity index (χ3n) is 4.79. The molecule has 28 heavy (non-hydrogen) atoms. The van der Waals surface area contributed by atoms with Crippen LogP contribution >= 0.6 is 23.2 Å². The van der Waals surface area contributed by atoms with E-state index in [9.17, 15) is 9.59 Å².